The maximum absolute atomic E-state index is 11.2. The van der Waals surface area contributed by atoms with E-state index < -0.39 is 5.60 Å². The van der Waals surface area contributed by atoms with E-state index in [-0.39, 0.29) is 0 Å². The molecule has 1 N–H and O–H groups in total. The zero-order valence-electron chi connectivity index (χ0n) is 16.1. The molecule has 6 nitrogen and oxygen atoms in total. The van der Waals surface area contributed by atoms with Crippen molar-refractivity contribution in [1.29, 1.82) is 0 Å². The lowest BCUT2D eigenvalue weighted by molar-refractivity contribution is 0.0705. The summed E-state index contributed by atoms with van der Waals surface area (Å²) in [6.45, 7) is 5.01. The van der Waals surface area contributed by atoms with Crippen molar-refractivity contribution >= 4 is 0 Å². The summed E-state index contributed by atoms with van der Waals surface area (Å²) >= 11 is 0. The normalized spacial score (nSPS) is 18.1. The van der Waals surface area contributed by atoms with Crippen LogP contribution in [0.2, 0.25) is 0 Å². The number of aliphatic hydroxyl groups is 1. The maximum Gasteiger partial charge on any atom is 0.231 e. The molecule has 0 amide bonds. The number of nitrogens with zero attached hydrogens (tertiary/aromatic N) is 2. The van der Waals surface area contributed by atoms with E-state index in [1.807, 2.05) is 56.3 Å². The fourth-order valence-corrected chi connectivity index (χ4v) is 3.70. The summed E-state index contributed by atoms with van der Waals surface area (Å²) in [6.07, 6.45) is 1.81. The molecule has 2 aromatic carbocycles. The third-order valence-corrected chi connectivity index (χ3v) is 5.02. The van der Waals surface area contributed by atoms with E-state index in [1.165, 1.54) is 0 Å². The third-order valence-electron chi connectivity index (χ3n) is 5.02. The Morgan fingerprint density at radius 2 is 1.86 bits per heavy atom. The molecular weight excluding hydrogens is 356 g/mol. The highest BCUT2D eigenvalue weighted by Gasteiger charge is 2.42. The lowest BCUT2D eigenvalue weighted by atomic mass is 9.95. The van der Waals surface area contributed by atoms with Crippen LogP contribution in [0.1, 0.15) is 48.7 Å². The average molecular weight is 380 g/mol. The van der Waals surface area contributed by atoms with Crippen LogP contribution in [0.4, 0.5) is 0 Å². The lowest BCUT2D eigenvalue weighted by Crippen LogP contribution is -2.25. The minimum absolute atomic E-state index is 0.323. The molecule has 1 atom stereocenters. The van der Waals surface area contributed by atoms with Crippen molar-refractivity contribution in [2.45, 2.75) is 38.7 Å². The van der Waals surface area contributed by atoms with Crippen LogP contribution in [0.15, 0.2) is 47.0 Å². The number of aryl methyl sites for hydroxylation is 1. The first kappa shape index (κ1) is 18.5. The van der Waals surface area contributed by atoms with Gasteiger partial charge in [0.15, 0.2) is 17.1 Å². The van der Waals surface area contributed by atoms with Gasteiger partial charge in [0, 0.05) is 0 Å². The summed E-state index contributed by atoms with van der Waals surface area (Å²) in [5, 5.41) is 15.3. The Labute approximate surface area is 164 Å². The van der Waals surface area contributed by atoms with Crippen LogP contribution >= 0.6 is 0 Å². The van der Waals surface area contributed by atoms with Crippen LogP contribution in [-0.2, 0) is 18.4 Å². The zero-order valence-corrected chi connectivity index (χ0v) is 16.1. The lowest BCUT2D eigenvalue weighted by Gasteiger charge is -2.19. The molecule has 146 valence electrons. The number of hydrogen-bond acceptors (Lipinski definition) is 6. The SMILES string of the molecule is CCOc1ccc(Cc2nc(C3(O)CCc4ccccc43)no2)cc1OCC. The second kappa shape index (κ2) is 7.64. The Hall–Kier alpha value is -2.86. The van der Waals surface area contributed by atoms with Gasteiger partial charge in [0.1, 0.15) is 0 Å². The van der Waals surface area contributed by atoms with Crippen molar-refractivity contribution in [3.8, 4) is 11.5 Å². The highest BCUT2D eigenvalue weighted by atomic mass is 16.5. The number of ether oxygens (including phenoxy) is 2. The Bertz CT molecular complexity index is 969. The van der Waals surface area contributed by atoms with E-state index in [2.05, 4.69) is 10.1 Å². The van der Waals surface area contributed by atoms with Crippen molar-refractivity contribution in [2.24, 2.45) is 0 Å². The molecule has 0 radical (unpaired) electrons. The summed E-state index contributed by atoms with van der Waals surface area (Å²) in [6, 6.07) is 13.6. The van der Waals surface area contributed by atoms with Crippen molar-refractivity contribution in [3.63, 3.8) is 0 Å². The van der Waals surface area contributed by atoms with Gasteiger partial charge >= 0.3 is 0 Å². The summed E-state index contributed by atoms with van der Waals surface area (Å²) in [4.78, 5) is 4.49. The first-order valence-corrected chi connectivity index (χ1v) is 9.66. The summed E-state index contributed by atoms with van der Waals surface area (Å²) in [5.41, 5.74) is 1.78. The van der Waals surface area contributed by atoms with Crippen molar-refractivity contribution in [2.75, 3.05) is 13.2 Å². The van der Waals surface area contributed by atoms with Crippen LogP contribution in [0.5, 0.6) is 11.5 Å². The molecule has 3 aromatic rings. The van der Waals surface area contributed by atoms with Gasteiger partial charge in [-0.2, -0.15) is 4.98 Å². The van der Waals surface area contributed by atoms with Gasteiger partial charge < -0.3 is 19.1 Å². The average Bonchev–Trinajstić information content (AvgIpc) is 3.31. The number of fused-ring (bicyclic) bond motifs is 1. The van der Waals surface area contributed by atoms with Gasteiger partial charge in [-0.1, -0.05) is 35.5 Å². The van der Waals surface area contributed by atoms with E-state index in [0.717, 1.165) is 28.9 Å². The fraction of sp³-hybridized carbons (Fsp3) is 0.364. The molecule has 0 spiro atoms. The minimum Gasteiger partial charge on any atom is -0.490 e. The Balaban J connectivity index is 1.57. The predicted octanol–water partition coefficient (Wildman–Crippen LogP) is 3.64. The number of aromatic nitrogens is 2. The highest BCUT2D eigenvalue weighted by Crippen LogP contribution is 2.40. The summed E-state index contributed by atoms with van der Waals surface area (Å²) < 4.78 is 16.7. The molecule has 1 aromatic heterocycles. The molecule has 1 aliphatic carbocycles. The molecule has 6 heteroatoms. The molecule has 0 aliphatic heterocycles. The van der Waals surface area contributed by atoms with Crippen LogP contribution in [0.3, 0.4) is 0 Å². The number of benzene rings is 2. The molecule has 0 saturated heterocycles. The largest absolute Gasteiger partial charge is 0.490 e. The van der Waals surface area contributed by atoms with Gasteiger partial charge in [-0.25, -0.2) is 0 Å². The smallest absolute Gasteiger partial charge is 0.231 e. The second-order valence-corrected chi connectivity index (χ2v) is 6.85. The number of hydrogen-bond donors (Lipinski definition) is 1. The topological polar surface area (TPSA) is 77.6 Å². The summed E-state index contributed by atoms with van der Waals surface area (Å²) in [7, 11) is 0. The third kappa shape index (κ3) is 3.36. The van der Waals surface area contributed by atoms with Gasteiger partial charge in [0.2, 0.25) is 11.7 Å². The van der Waals surface area contributed by atoms with Crippen molar-refractivity contribution in [3.05, 3.63) is 70.9 Å². The van der Waals surface area contributed by atoms with Crippen LogP contribution in [-0.4, -0.2) is 28.5 Å². The van der Waals surface area contributed by atoms with Crippen LogP contribution < -0.4 is 9.47 Å². The van der Waals surface area contributed by atoms with Gasteiger partial charge in [-0.15, -0.1) is 0 Å². The van der Waals surface area contributed by atoms with Crippen molar-refractivity contribution in [1.82, 2.24) is 10.1 Å². The molecule has 28 heavy (non-hydrogen) atoms. The molecule has 1 aliphatic rings. The number of rotatable bonds is 7. The van der Waals surface area contributed by atoms with E-state index in [9.17, 15) is 5.11 Å². The molecule has 0 saturated carbocycles. The second-order valence-electron chi connectivity index (χ2n) is 6.85. The van der Waals surface area contributed by atoms with Gasteiger partial charge in [-0.05, 0) is 55.5 Å². The van der Waals surface area contributed by atoms with Gasteiger partial charge in [0.25, 0.3) is 0 Å². The molecule has 1 unspecified atom stereocenters. The van der Waals surface area contributed by atoms with Gasteiger partial charge in [0.05, 0.1) is 19.6 Å². The Kier molecular flexibility index (Phi) is 5.05. The zero-order chi connectivity index (χ0) is 19.6. The predicted molar refractivity (Wildman–Crippen MR) is 104 cm³/mol. The quantitative estimate of drug-likeness (QED) is 0.674. The molecule has 4 rings (SSSR count). The molecular formula is C22H24N2O4. The first-order chi connectivity index (χ1) is 13.6. The van der Waals surface area contributed by atoms with E-state index in [4.69, 9.17) is 14.0 Å². The van der Waals surface area contributed by atoms with Crippen LogP contribution in [0.25, 0.3) is 0 Å². The maximum atomic E-state index is 11.2. The Morgan fingerprint density at radius 3 is 2.68 bits per heavy atom. The fourth-order valence-electron chi connectivity index (χ4n) is 3.70. The van der Waals surface area contributed by atoms with E-state index in [1.54, 1.807) is 0 Å². The highest BCUT2D eigenvalue weighted by molar-refractivity contribution is 5.44. The monoisotopic (exact) mass is 380 g/mol. The van der Waals surface area contributed by atoms with E-state index >= 15 is 0 Å². The standard InChI is InChI=1S/C22H24N2O4/c1-3-26-18-10-9-15(13-19(18)27-4-2)14-20-23-21(24-28-20)22(25)12-11-16-7-5-6-8-17(16)22/h5-10,13,25H,3-4,11-12,14H2,1-2H3. The van der Waals surface area contributed by atoms with Crippen molar-refractivity contribution < 1.29 is 19.1 Å². The molecule has 1 heterocycles. The Morgan fingerprint density at radius 1 is 1.07 bits per heavy atom. The summed E-state index contributed by atoms with van der Waals surface area (Å²) in [5.74, 6) is 2.20. The first-order valence-electron chi connectivity index (χ1n) is 9.66. The van der Waals surface area contributed by atoms with Gasteiger partial charge in [-0.3, -0.25) is 0 Å². The van der Waals surface area contributed by atoms with E-state index in [0.29, 0.717) is 43.5 Å². The molecule has 0 bridgehead atoms. The van der Waals surface area contributed by atoms with Crippen LogP contribution in [0, 0.1) is 0 Å². The molecule has 0 fully saturated rings. The minimum atomic E-state index is -1.19.